The molecule has 2 rings (SSSR count). The molecule has 1 nitrogen and oxygen atoms in total. The van der Waals surface area contributed by atoms with Crippen LogP contribution < -0.4 is 5.32 Å². The van der Waals surface area contributed by atoms with Gasteiger partial charge in [0.1, 0.15) is 0 Å². The Hall–Kier alpha value is 0.110. The maximum absolute atomic E-state index is 6.26. The second-order valence-corrected chi connectivity index (χ2v) is 7.25. The lowest BCUT2D eigenvalue weighted by Crippen LogP contribution is -2.35. The summed E-state index contributed by atoms with van der Waals surface area (Å²) in [5, 5.41) is 6.01. The minimum atomic E-state index is 0.278. The monoisotopic (exact) mass is 317 g/mol. The number of hydrogen-bond acceptors (Lipinski definition) is 2. The molecule has 1 atom stereocenters. The van der Waals surface area contributed by atoms with E-state index in [2.05, 4.69) is 18.5 Å². The lowest BCUT2D eigenvalue weighted by molar-refractivity contribution is 0.352. The summed E-state index contributed by atoms with van der Waals surface area (Å²) < 4.78 is 0. The third-order valence-corrected chi connectivity index (χ3v) is 5.62. The van der Waals surface area contributed by atoms with Gasteiger partial charge in [0.05, 0.1) is 0 Å². The highest BCUT2D eigenvalue weighted by atomic mass is 35.5. The van der Waals surface area contributed by atoms with Crippen molar-refractivity contribution < 1.29 is 0 Å². The molecular formula is C15H21Cl2NS. The molecule has 4 heteroatoms. The molecule has 1 saturated carbocycles. The summed E-state index contributed by atoms with van der Waals surface area (Å²) in [4.78, 5) is 0. The molecule has 1 aliphatic carbocycles. The minimum absolute atomic E-state index is 0.278. The first-order valence-electron chi connectivity index (χ1n) is 6.84. The molecule has 106 valence electrons. The Balaban J connectivity index is 1.92. The molecule has 0 spiro atoms. The van der Waals surface area contributed by atoms with Crippen LogP contribution >= 0.6 is 35.0 Å². The van der Waals surface area contributed by atoms with Crippen LogP contribution in [-0.4, -0.2) is 17.5 Å². The zero-order valence-electron chi connectivity index (χ0n) is 11.5. The van der Waals surface area contributed by atoms with Gasteiger partial charge in [-0.3, -0.25) is 0 Å². The van der Waals surface area contributed by atoms with Crippen molar-refractivity contribution in [2.45, 2.75) is 49.9 Å². The number of benzene rings is 1. The van der Waals surface area contributed by atoms with Crippen molar-refractivity contribution in [3.8, 4) is 0 Å². The number of thioether (sulfide) groups is 1. The SMILES string of the molecule is CSC1CCC(NC(C)c2ccc(Cl)cc2Cl)CC1. The molecule has 0 saturated heterocycles. The molecule has 1 aromatic carbocycles. The molecule has 1 N–H and O–H groups in total. The van der Waals surface area contributed by atoms with Crippen LogP contribution in [0.15, 0.2) is 18.2 Å². The number of rotatable bonds is 4. The maximum Gasteiger partial charge on any atom is 0.0468 e. The molecule has 0 heterocycles. The number of nitrogens with one attached hydrogen (secondary N) is 1. The first-order chi connectivity index (χ1) is 9.10. The highest BCUT2D eigenvalue weighted by Crippen LogP contribution is 2.30. The van der Waals surface area contributed by atoms with Gasteiger partial charge in [-0.15, -0.1) is 0 Å². The highest BCUT2D eigenvalue weighted by Gasteiger charge is 2.22. The van der Waals surface area contributed by atoms with Gasteiger partial charge in [-0.2, -0.15) is 11.8 Å². The highest BCUT2D eigenvalue weighted by molar-refractivity contribution is 7.99. The fourth-order valence-electron chi connectivity index (χ4n) is 2.76. The van der Waals surface area contributed by atoms with Crippen molar-refractivity contribution in [1.29, 1.82) is 0 Å². The number of hydrogen-bond donors (Lipinski definition) is 1. The molecule has 0 bridgehead atoms. The Morgan fingerprint density at radius 1 is 1.21 bits per heavy atom. The normalized spacial score (nSPS) is 25.3. The smallest absolute Gasteiger partial charge is 0.0468 e. The predicted octanol–water partition coefficient (Wildman–Crippen LogP) is 5.32. The first kappa shape index (κ1) is 15.5. The summed E-state index contributed by atoms with van der Waals surface area (Å²) in [6.45, 7) is 2.18. The van der Waals surface area contributed by atoms with Crippen molar-refractivity contribution >= 4 is 35.0 Å². The zero-order chi connectivity index (χ0) is 13.8. The van der Waals surface area contributed by atoms with Crippen LogP contribution in [0.2, 0.25) is 10.0 Å². The molecule has 1 aliphatic rings. The van der Waals surface area contributed by atoms with Gasteiger partial charge in [0, 0.05) is 27.4 Å². The van der Waals surface area contributed by atoms with Gasteiger partial charge in [-0.25, -0.2) is 0 Å². The fourth-order valence-corrected chi connectivity index (χ4v) is 4.08. The lowest BCUT2D eigenvalue weighted by atomic mass is 9.93. The summed E-state index contributed by atoms with van der Waals surface area (Å²) in [6, 6.07) is 6.65. The second-order valence-electron chi connectivity index (χ2n) is 5.26. The Kier molecular flexibility index (Phi) is 5.88. The van der Waals surface area contributed by atoms with Crippen molar-refractivity contribution in [3.05, 3.63) is 33.8 Å². The van der Waals surface area contributed by atoms with Gasteiger partial charge in [0.15, 0.2) is 0 Å². The second kappa shape index (κ2) is 7.21. The van der Waals surface area contributed by atoms with E-state index in [0.717, 1.165) is 15.8 Å². The topological polar surface area (TPSA) is 12.0 Å². The van der Waals surface area contributed by atoms with E-state index in [1.165, 1.54) is 25.7 Å². The summed E-state index contributed by atoms with van der Waals surface area (Å²) in [5.41, 5.74) is 1.14. The number of halogens is 2. The van der Waals surface area contributed by atoms with Gasteiger partial charge in [0.25, 0.3) is 0 Å². The third-order valence-electron chi connectivity index (χ3n) is 3.92. The molecule has 0 radical (unpaired) electrons. The molecule has 0 aliphatic heterocycles. The Morgan fingerprint density at radius 3 is 2.47 bits per heavy atom. The van der Waals surface area contributed by atoms with Crippen LogP contribution in [0.4, 0.5) is 0 Å². The minimum Gasteiger partial charge on any atom is -0.307 e. The van der Waals surface area contributed by atoms with E-state index in [1.54, 1.807) is 0 Å². The van der Waals surface area contributed by atoms with E-state index in [1.807, 2.05) is 30.0 Å². The fraction of sp³-hybridized carbons (Fsp3) is 0.600. The van der Waals surface area contributed by atoms with Gasteiger partial charge < -0.3 is 5.32 Å². The Bertz CT molecular complexity index is 417. The van der Waals surface area contributed by atoms with E-state index in [-0.39, 0.29) is 6.04 Å². The largest absolute Gasteiger partial charge is 0.307 e. The molecule has 1 fully saturated rings. The zero-order valence-corrected chi connectivity index (χ0v) is 13.8. The summed E-state index contributed by atoms with van der Waals surface area (Å²) >= 11 is 14.2. The standard InChI is InChI=1S/C15H21Cl2NS/c1-10(14-8-3-11(16)9-15(14)17)18-12-4-6-13(19-2)7-5-12/h3,8-10,12-13,18H,4-7H2,1-2H3. The van der Waals surface area contributed by atoms with Crippen LogP contribution in [0.5, 0.6) is 0 Å². The van der Waals surface area contributed by atoms with Crippen molar-refractivity contribution in [2.24, 2.45) is 0 Å². The van der Waals surface area contributed by atoms with E-state index < -0.39 is 0 Å². The summed E-state index contributed by atoms with van der Waals surface area (Å²) in [6.07, 6.45) is 7.39. The van der Waals surface area contributed by atoms with Crippen LogP contribution in [-0.2, 0) is 0 Å². The van der Waals surface area contributed by atoms with Crippen LogP contribution in [0.3, 0.4) is 0 Å². The van der Waals surface area contributed by atoms with Gasteiger partial charge in [0.2, 0.25) is 0 Å². The molecule has 19 heavy (non-hydrogen) atoms. The molecule has 0 amide bonds. The maximum atomic E-state index is 6.26. The van der Waals surface area contributed by atoms with Crippen molar-refractivity contribution in [3.63, 3.8) is 0 Å². The van der Waals surface area contributed by atoms with Crippen molar-refractivity contribution in [1.82, 2.24) is 5.32 Å². The Labute approximate surface area is 130 Å². The first-order valence-corrected chi connectivity index (χ1v) is 8.88. The lowest BCUT2D eigenvalue weighted by Gasteiger charge is -2.30. The quantitative estimate of drug-likeness (QED) is 0.806. The van der Waals surface area contributed by atoms with Crippen LogP contribution in [0.1, 0.15) is 44.2 Å². The van der Waals surface area contributed by atoms with Gasteiger partial charge in [-0.1, -0.05) is 29.3 Å². The van der Waals surface area contributed by atoms with E-state index in [4.69, 9.17) is 23.2 Å². The summed E-state index contributed by atoms with van der Waals surface area (Å²) in [5.74, 6) is 0. The molecule has 0 aromatic heterocycles. The average molecular weight is 318 g/mol. The summed E-state index contributed by atoms with van der Waals surface area (Å²) in [7, 11) is 0. The molecule has 1 aromatic rings. The van der Waals surface area contributed by atoms with Crippen LogP contribution in [0.25, 0.3) is 0 Å². The third kappa shape index (κ3) is 4.29. The van der Waals surface area contributed by atoms with E-state index in [0.29, 0.717) is 11.1 Å². The van der Waals surface area contributed by atoms with Crippen LogP contribution in [0, 0.1) is 0 Å². The molecule has 1 unspecified atom stereocenters. The Morgan fingerprint density at radius 2 is 1.89 bits per heavy atom. The van der Waals surface area contributed by atoms with Gasteiger partial charge in [-0.05, 0) is 56.6 Å². The van der Waals surface area contributed by atoms with E-state index in [9.17, 15) is 0 Å². The van der Waals surface area contributed by atoms with Gasteiger partial charge >= 0.3 is 0 Å². The predicted molar refractivity (Wildman–Crippen MR) is 87.6 cm³/mol. The molecular weight excluding hydrogens is 297 g/mol. The van der Waals surface area contributed by atoms with Crippen molar-refractivity contribution in [2.75, 3.05) is 6.26 Å². The average Bonchev–Trinajstić information content (AvgIpc) is 2.39. The van der Waals surface area contributed by atoms with E-state index >= 15 is 0 Å².